The average Bonchev–Trinajstić information content (AvgIpc) is 2.68. The number of likely N-dealkylation sites (N-methyl/N-ethyl adjacent to an activating group) is 1. The van der Waals surface area contributed by atoms with Gasteiger partial charge in [-0.3, -0.25) is 4.90 Å². The molecule has 0 aliphatic carbocycles. The lowest BCUT2D eigenvalue weighted by molar-refractivity contribution is 0.242. The van der Waals surface area contributed by atoms with Crippen LogP contribution in [-0.2, 0) is 19.5 Å². The van der Waals surface area contributed by atoms with E-state index < -0.39 is 0 Å². The van der Waals surface area contributed by atoms with Gasteiger partial charge in [0.25, 0.3) is 0 Å². The van der Waals surface area contributed by atoms with Crippen LogP contribution in [0.4, 0.5) is 5.95 Å². The van der Waals surface area contributed by atoms with Crippen LogP contribution >= 0.6 is 11.6 Å². The van der Waals surface area contributed by atoms with Crippen LogP contribution < -0.4 is 4.90 Å². The molecule has 6 heteroatoms. The molecule has 138 valence electrons. The van der Waals surface area contributed by atoms with Crippen LogP contribution in [0.1, 0.15) is 23.7 Å². The van der Waals surface area contributed by atoms with Crippen molar-refractivity contribution in [3.63, 3.8) is 0 Å². The fourth-order valence-corrected chi connectivity index (χ4v) is 4.02. The smallest absolute Gasteiger partial charge is 0.225 e. The first-order valence-corrected chi connectivity index (χ1v) is 9.88. The van der Waals surface area contributed by atoms with E-state index in [4.69, 9.17) is 16.6 Å². The molecule has 0 saturated carbocycles. The molecule has 0 N–H and O–H groups in total. The van der Waals surface area contributed by atoms with E-state index >= 15 is 0 Å². The summed E-state index contributed by atoms with van der Waals surface area (Å²) in [5.41, 5.74) is 3.73. The van der Waals surface area contributed by atoms with Gasteiger partial charge in [-0.2, -0.15) is 0 Å². The van der Waals surface area contributed by atoms with Crippen molar-refractivity contribution in [2.24, 2.45) is 0 Å². The summed E-state index contributed by atoms with van der Waals surface area (Å²) in [5.74, 6) is 0.905. The number of rotatable bonds is 4. The van der Waals surface area contributed by atoms with E-state index in [1.807, 2.05) is 24.4 Å². The second-order valence-electron chi connectivity index (χ2n) is 7.15. The molecule has 0 bridgehead atoms. The quantitative estimate of drug-likeness (QED) is 0.825. The number of fused-ring (bicyclic) bond motifs is 1. The highest BCUT2D eigenvalue weighted by Gasteiger charge is 2.22. The Kier molecular flexibility index (Phi) is 5.38. The monoisotopic (exact) mass is 371 g/mol. The summed E-state index contributed by atoms with van der Waals surface area (Å²) in [5, 5.41) is 0.802. The molecule has 0 atom stereocenters. The molecule has 0 radical (unpaired) electrons. The minimum absolute atomic E-state index is 0.802. The maximum absolute atomic E-state index is 6.11. The minimum atomic E-state index is 0.802. The van der Waals surface area contributed by atoms with Crippen molar-refractivity contribution >= 4 is 17.5 Å². The molecule has 2 aliphatic heterocycles. The van der Waals surface area contributed by atoms with Crippen molar-refractivity contribution in [2.75, 3.05) is 44.2 Å². The third-order valence-corrected chi connectivity index (χ3v) is 5.63. The van der Waals surface area contributed by atoms with Crippen LogP contribution in [-0.4, -0.2) is 59.0 Å². The molecule has 26 heavy (non-hydrogen) atoms. The predicted molar refractivity (Wildman–Crippen MR) is 106 cm³/mol. The Balaban J connectivity index is 1.41. The second kappa shape index (κ2) is 7.91. The van der Waals surface area contributed by atoms with Gasteiger partial charge in [-0.05, 0) is 24.2 Å². The summed E-state index contributed by atoms with van der Waals surface area (Å²) in [6.45, 7) is 10.4. The SMILES string of the molecule is CCN1CCN(c2ncc3c(n2)CCN(Cc2cccc(Cl)c2)C3)CC1. The van der Waals surface area contributed by atoms with Crippen LogP contribution in [0.25, 0.3) is 0 Å². The number of aromatic nitrogens is 2. The maximum Gasteiger partial charge on any atom is 0.225 e. The molecule has 2 aliphatic rings. The van der Waals surface area contributed by atoms with Gasteiger partial charge in [-0.15, -0.1) is 0 Å². The van der Waals surface area contributed by atoms with Gasteiger partial charge in [0, 0.05) is 69.0 Å². The Labute approximate surface area is 160 Å². The molecule has 0 amide bonds. The second-order valence-corrected chi connectivity index (χ2v) is 7.59. The van der Waals surface area contributed by atoms with Crippen molar-refractivity contribution in [2.45, 2.75) is 26.4 Å². The maximum atomic E-state index is 6.11. The molecule has 0 unspecified atom stereocenters. The van der Waals surface area contributed by atoms with Crippen molar-refractivity contribution < 1.29 is 0 Å². The van der Waals surface area contributed by atoms with Crippen molar-refractivity contribution in [1.82, 2.24) is 19.8 Å². The van der Waals surface area contributed by atoms with Gasteiger partial charge in [0.2, 0.25) is 5.95 Å². The van der Waals surface area contributed by atoms with Gasteiger partial charge in [0.15, 0.2) is 0 Å². The molecule has 2 aromatic rings. The van der Waals surface area contributed by atoms with Gasteiger partial charge in [0.1, 0.15) is 0 Å². The molecule has 1 saturated heterocycles. The molecule has 5 nitrogen and oxygen atoms in total. The average molecular weight is 372 g/mol. The van der Waals surface area contributed by atoms with Crippen LogP contribution in [0.2, 0.25) is 5.02 Å². The lowest BCUT2D eigenvalue weighted by Crippen LogP contribution is -2.47. The summed E-state index contributed by atoms with van der Waals surface area (Å²) in [6, 6.07) is 8.12. The molecular weight excluding hydrogens is 346 g/mol. The molecule has 4 rings (SSSR count). The van der Waals surface area contributed by atoms with E-state index in [-0.39, 0.29) is 0 Å². The largest absolute Gasteiger partial charge is 0.338 e. The Morgan fingerprint density at radius 3 is 2.69 bits per heavy atom. The zero-order valence-corrected chi connectivity index (χ0v) is 16.1. The van der Waals surface area contributed by atoms with Crippen LogP contribution in [0.5, 0.6) is 0 Å². The summed E-state index contributed by atoms with van der Waals surface area (Å²) in [4.78, 5) is 16.8. The predicted octanol–water partition coefficient (Wildman–Crippen LogP) is 2.83. The first-order valence-electron chi connectivity index (χ1n) is 9.50. The molecule has 1 fully saturated rings. The highest BCUT2D eigenvalue weighted by atomic mass is 35.5. The zero-order chi connectivity index (χ0) is 17.9. The highest BCUT2D eigenvalue weighted by molar-refractivity contribution is 6.30. The van der Waals surface area contributed by atoms with Crippen LogP contribution in [0.15, 0.2) is 30.5 Å². The topological polar surface area (TPSA) is 35.5 Å². The number of anilines is 1. The summed E-state index contributed by atoms with van der Waals surface area (Å²) < 4.78 is 0. The van der Waals surface area contributed by atoms with Crippen molar-refractivity contribution in [1.29, 1.82) is 0 Å². The van der Waals surface area contributed by atoms with Crippen LogP contribution in [0, 0.1) is 0 Å². The number of hydrogen-bond acceptors (Lipinski definition) is 5. The van der Waals surface area contributed by atoms with Crippen LogP contribution in [0.3, 0.4) is 0 Å². The molecule has 3 heterocycles. The van der Waals surface area contributed by atoms with E-state index in [1.165, 1.54) is 16.8 Å². The molecule has 1 aromatic carbocycles. The lowest BCUT2D eigenvalue weighted by Gasteiger charge is -2.35. The Bertz CT molecular complexity index is 758. The summed E-state index contributed by atoms with van der Waals surface area (Å²) in [6.07, 6.45) is 3.02. The highest BCUT2D eigenvalue weighted by Crippen LogP contribution is 2.22. The van der Waals surface area contributed by atoms with Gasteiger partial charge >= 0.3 is 0 Å². The number of nitrogens with zero attached hydrogens (tertiary/aromatic N) is 5. The molecule has 0 spiro atoms. The van der Waals surface area contributed by atoms with Gasteiger partial charge < -0.3 is 9.80 Å². The zero-order valence-electron chi connectivity index (χ0n) is 15.4. The molecule has 1 aromatic heterocycles. The van der Waals surface area contributed by atoms with Gasteiger partial charge in [-0.25, -0.2) is 9.97 Å². The van der Waals surface area contributed by atoms with Gasteiger partial charge in [-0.1, -0.05) is 30.7 Å². The van der Waals surface area contributed by atoms with Crippen molar-refractivity contribution in [3.05, 3.63) is 52.3 Å². The van der Waals surface area contributed by atoms with Gasteiger partial charge in [0.05, 0.1) is 5.69 Å². The van der Waals surface area contributed by atoms with Crippen molar-refractivity contribution in [3.8, 4) is 0 Å². The fraction of sp³-hybridized carbons (Fsp3) is 0.500. The Morgan fingerprint density at radius 1 is 1.08 bits per heavy atom. The normalized spacial score (nSPS) is 18.8. The minimum Gasteiger partial charge on any atom is -0.338 e. The standard InChI is InChI=1S/C20H26ClN5/c1-2-24-8-10-26(11-9-24)20-22-13-17-15-25(7-6-19(17)23-20)14-16-4-3-5-18(21)12-16/h3-5,12-13H,2,6-11,14-15H2,1H3. The third-order valence-electron chi connectivity index (χ3n) is 5.40. The number of benzene rings is 1. The van der Waals surface area contributed by atoms with E-state index in [0.717, 1.165) is 69.7 Å². The Hall–Kier alpha value is -1.69. The first kappa shape index (κ1) is 17.7. The fourth-order valence-electron chi connectivity index (χ4n) is 3.81. The Morgan fingerprint density at radius 2 is 1.92 bits per heavy atom. The summed E-state index contributed by atoms with van der Waals surface area (Å²) >= 11 is 6.11. The number of piperazine rings is 1. The lowest BCUT2D eigenvalue weighted by atomic mass is 10.1. The summed E-state index contributed by atoms with van der Waals surface area (Å²) in [7, 11) is 0. The first-order chi connectivity index (χ1) is 12.7. The van der Waals surface area contributed by atoms with E-state index in [1.54, 1.807) is 0 Å². The molecular formula is C20H26ClN5. The number of hydrogen-bond donors (Lipinski definition) is 0. The van der Waals surface area contributed by atoms with E-state index in [2.05, 4.69) is 32.7 Å². The third kappa shape index (κ3) is 4.00. The van der Waals surface area contributed by atoms with E-state index in [0.29, 0.717) is 0 Å². The number of halogens is 1. The van der Waals surface area contributed by atoms with E-state index in [9.17, 15) is 0 Å².